The van der Waals surface area contributed by atoms with Crippen LogP contribution in [0.2, 0.25) is 0 Å². The van der Waals surface area contributed by atoms with Crippen molar-refractivity contribution in [2.75, 3.05) is 6.61 Å². The summed E-state index contributed by atoms with van der Waals surface area (Å²) in [5, 5.41) is 2.81. The lowest BCUT2D eigenvalue weighted by atomic mass is 10.1. The van der Waals surface area contributed by atoms with Crippen molar-refractivity contribution in [3.63, 3.8) is 0 Å². The number of nitrogens with zero attached hydrogens (tertiary/aromatic N) is 2. The molecule has 140 valence electrons. The minimum absolute atomic E-state index is 0.202. The third-order valence-corrected chi connectivity index (χ3v) is 4.61. The maximum atomic E-state index is 11.5. The number of fused-ring (bicyclic) bond motifs is 1. The maximum absolute atomic E-state index is 11.5. The molecule has 27 heavy (non-hydrogen) atoms. The standard InChI is InChI=1S/C22H25N3O2/c1-4-22(26)23-15-21-24-19-8-5-6-9-20(19)25(21)12-7-13-27-18-11-10-16(2)17(3)14-18/h4-6,8-11,14H,1,7,12-13,15H2,2-3H3,(H,23,26). The maximum Gasteiger partial charge on any atom is 0.243 e. The highest BCUT2D eigenvalue weighted by atomic mass is 16.5. The smallest absolute Gasteiger partial charge is 0.243 e. The van der Waals surface area contributed by atoms with Gasteiger partial charge in [0.1, 0.15) is 11.6 Å². The average Bonchev–Trinajstić information content (AvgIpc) is 3.03. The van der Waals surface area contributed by atoms with Crippen molar-refractivity contribution in [3.05, 3.63) is 72.1 Å². The topological polar surface area (TPSA) is 56.2 Å². The Morgan fingerprint density at radius 1 is 1.22 bits per heavy atom. The van der Waals surface area contributed by atoms with Crippen LogP contribution in [-0.2, 0) is 17.9 Å². The zero-order valence-electron chi connectivity index (χ0n) is 15.9. The van der Waals surface area contributed by atoms with Gasteiger partial charge in [0.15, 0.2) is 0 Å². The Morgan fingerprint density at radius 3 is 2.81 bits per heavy atom. The number of para-hydroxylation sites is 2. The van der Waals surface area contributed by atoms with Gasteiger partial charge in [-0.2, -0.15) is 0 Å². The molecule has 0 saturated heterocycles. The summed E-state index contributed by atoms with van der Waals surface area (Å²) in [6.45, 7) is 9.42. The Kier molecular flexibility index (Phi) is 5.91. The number of aromatic nitrogens is 2. The van der Waals surface area contributed by atoms with E-state index in [9.17, 15) is 4.79 Å². The van der Waals surface area contributed by atoms with E-state index in [1.165, 1.54) is 17.2 Å². The van der Waals surface area contributed by atoms with Gasteiger partial charge in [0.25, 0.3) is 0 Å². The van der Waals surface area contributed by atoms with Gasteiger partial charge in [-0.3, -0.25) is 4.79 Å². The van der Waals surface area contributed by atoms with Crippen LogP contribution in [0.15, 0.2) is 55.1 Å². The summed E-state index contributed by atoms with van der Waals surface area (Å²) in [6, 6.07) is 14.1. The van der Waals surface area contributed by atoms with E-state index in [1.54, 1.807) is 0 Å². The van der Waals surface area contributed by atoms with Gasteiger partial charge >= 0.3 is 0 Å². The minimum Gasteiger partial charge on any atom is -0.494 e. The van der Waals surface area contributed by atoms with Gasteiger partial charge in [-0.25, -0.2) is 4.98 Å². The van der Waals surface area contributed by atoms with Gasteiger partial charge in [-0.15, -0.1) is 0 Å². The second-order valence-electron chi connectivity index (χ2n) is 6.54. The van der Waals surface area contributed by atoms with Crippen LogP contribution >= 0.6 is 0 Å². The number of aryl methyl sites for hydroxylation is 3. The lowest BCUT2D eigenvalue weighted by molar-refractivity contribution is -0.116. The second kappa shape index (κ2) is 8.54. The molecule has 0 aliphatic heterocycles. The van der Waals surface area contributed by atoms with Crippen molar-refractivity contribution in [3.8, 4) is 5.75 Å². The Hall–Kier alpha value is -3.08. The summed E-state index contributed by atoms with van der Waals surface area (Å²) in [6.07, 6.45) is 2.11. The molecule has 0 radical (unpaired) electrons. The van der Waals surface area contributed by atoms with E-state index in [0.29, 0.717) is 13.2 Å². The van der Waals surface area contributed by atoms with Crippen LogP contribution < -0.4 is 10.1 Å². The number of amides is 1. The molecule has 0 unspecified atom stereocenters. The third-order valence-electron chi connectivity index (χ3n) is 4.61. The molecule has 1 N–H and O–H groups in total. The van der Waals surface area contributed by atoms with Crippen LogP contribution in [0.1, 0.15) is 23.4 Å². The minimum atomic E-state index is -0.202. The lowest BCUT2D eigenvalue weighted by Gasteiger charge is -2.11. The van der Waals surface area contributed by atoms with Crippen molar-refractivity contribution in [2.45, 2.75) is 33.4 Å². The molecule has 0 atom stereocenters. The SMILES string of the molecule is C=CC(=O)NCc1nc2ccccc2n1CCCOc1ccc(C)c(C)c1. The van der Waals surface area contributed by atoms with Crippen molar-refractivity contribution in [2.24, 2.45) is 0 Å². The molecule has 0 bridgehead atoms. The largest absolute Gasteiger partial charge is 0.494 e. The zero-order valence-corrected chi connectivity index (χ0v) is 15.9. The Morgan fingerprint density at radius 2 is 2.04 bits per heavy atom. The van der Waals surface area contributed by atoms with Gasteiger partial charge in [0.05, 0.1) is 24.2 Å². The number of hydrogen-bond acceptors (Lipinski definition) is 3. The van der Waals surface area contributed by atoms with Crippen LogP contribution in [0.3, 0.4) is 0 Å². The molecule has 0 spiro atoms. The zero-order chi connectivity index (χ0) is 19.2. The van der Waals surface area contributed by atoms with Crippen molar-refractivity contribution in [1.29, 1.82) is 0 Å². The molecular weight excluding hydrogens is 338 g/mol. The first-order chi connectivity index (χ1) is 13.1. The molecule has 3 rings (SSSR count). The summed E-state index contributed by atoms with van der Waals surface area (Å²) in [7, 11) is 0. The van der Waals surface area contributed by atoms with E-state index in [-0.39, 0.29) is 5.91 Å². The van der Waals surface area contributed by atoms with Crippen molar-refractivity contribution < 1.29 is 9.53 Å². The Balaban J connectivity index is 1.66. The molecule has 2 aromatic carbocycles. The molecule has 0 aliphatic carbocycles. The number of carbonyl (C=O) groups excluding carboxylic acids is 1. The quantitative estimate of drug-likeness (QED) is 0.487. The molecule has 5 nitrogen and oxygen atoms in total. The van der Waals surface area contributed by atoms with Crippen LogP contribution in [0.4, 0.5) is 0 Å². The number of nitrogens with one attached hydrogen (secondary N) is 1. The third kappa shape index (κ3) is 4.56. The van der Waals surface area contributed by atoms with Gasteiger partial charge < -0.3 is 14.6 Å². The molecule has 1 amide bonds. The molecule has 5 heteroatoms. The summed E-state index contributed by atoms with van der Waals surface area (Å²) in [5.74, 6) is 1.52. The van der Waals surface area contributed by atoms with Crippen LogP contribution in [0, 0.1) is 13.8 Å². The predicted octanol–water partition coefficient (Wildman–Crippen LogP) is 3.92. The van der Waals surface area contributed by atoms with Gasteiger partial charge in [0, 0.05) is 6.54 Å². The van der Waals surface area contributed by atoms with Crippen molar-refractivity contribution in [1.82, 2.24) is 14.9 Å². The van der Waals surface area contributed by atoms with Crippen LogP contribution in [0.25, 0.3) is 11.0 Å². The number of benzene rings is 2. The summed E-state index contributed by atoms with van der Waals surface area (Å²) >= 11 is 0. The number of carbonyl (C=O) groups is 1. The fraction of sp³-hybridized carbons (Fsp3) is 0.273. The first kappa shape index (κ1) is 18.7. The normalized spacial score (nSPS) is 10.7. The van der Waals surface area contributed by atoms with E-state index >= 15 is 0 Å². The number of hydrogen-bond donors (Lipinski definition) is 1. The molecule has 0 aliphatic rings. The molecule has 0 fully saturated rings. The van der Waals surface area contributed by atoms with E-state index in [4.69, 9.17) is 4.74 Å². The molecular formula is C22H25N3O2. The lowest BCUT2D eigenvalue weighted by Crippen LogP contribution is -2.22. The van der Waals surface area contributed by atoms with E-state index < -0.39 is 0 Å². The highest BCUT2D eigenvalue weighted by molar-refractivity contribution is 5.86. The summed E-state index contributed by atoms with van der Waals surface area (Å²) in [5.41, 5.74) is 4.48. The van der Waals surface area contributed by atoms with Crippen LogP contribution in [-0.4, -0.2) is 22.1 Å². The molecule has 1 aromatic heterocycles. The van der Waals surface area contributed by atoms with E-state index in [1.807, 2.05) is 30.3 Å². The number of rotatable bonds is 8. The van der Waals surface area contributed by atoms with E-state index in [2.05, 4.69) is 47.4 Å². The first-order valence-corrected chi connectivity index (χ1v) is 9.13. The monoisotopic (exact) mass is 363 g/mol. The molecule has 0 saturated carbocycles. The fourth-order valence-electron chi connectivity index (χ4n) is 2.96. The predicted molar refractivity (Wildman–Crippen MR) is 108 cm³/mol. The highest BCUT2D eigenvalue weighted by Gasteiger charge is 2.11. The molecule has 3 aromatic rings. The summed E-state index contributed by atoms with van der Waals surface area (Å²) in [4.78, 5) is 16.1. The molecule has 1 heterocycles. The van der Waals surface area contributed by atoms with Crippen molar-refractivity contribution >= 4 is 16.9 Å². The van der Waals surface area contributed by atoms with Gasteiger partial charge in [0.2, 0.25) is 5.91 Å². The number of imidazole rings is 1. The van der Waals surface area contributed by atoms with Crippen LogP contribution in [0.5, 0.6) is 5.75 Å². The highest BCUT2D eigenvalue weighted by Crippen LogP contribution is 2.18. The fourth-order valence-corrected chi connectivity index (χ4v) is 2.96. The second-order valence-corrected chi connectivity index (χ2v) is 6.54. The van der Waals surface area contributed by atoms with E-state index in [0.717, 1.165) is 35.6 Å². The Labute approximate surface area is 159 Å². The first-order valence-electron chi connectivity index (χ1n) is 9.13. The van der Waals surface area contributed by atoms with Gasteiger partial charge in [-0.1, -0.05) is 24.8 Å². The average molecular weight is 363 g/mol. The summed E-state index contributed by atoms with van der Waals surface area (Å²) < 4.78 is 8.03. The Bertz CT molecular complexity index is 959. The number of ether oxygens (including phenoxy) is 1. The van der Waals surface area contributed by atoms with Gasteiger partial charge in [-0.05, 0) is 61.7 Å².